The van der Waals surface area contributed by atoms with Crippen molar-refractivity contribution in [3.63, 3.8) is 0 Å². The molecular formula is C8H15NO5S. The zero-order valence-electron chi connectivity index (χ0n) is 8.17. The van der Waals surface area contributed by atoms with Crippen molar-refractivity contribution in [1.29, 1.82) is 0 Å². The second-order valence-electron chi connectivity index (χ2n) is 3.90. The Morgan fingerprint density at radius 3 is 2.40 bits per heavy atom. The monoisotopic (exact) mass is 237 g/mol. The summed E-state index contributed by atoms with van der Waals surface area (Å²) in [5, 5.41) is 7.74. The third-order valence-corrected chi connectivity index (χ3v) is 4.31. The molecule has 0 spiro atoms. The van der Waals surface area contributed by atoms with Gasteiger partial charge >= 0.3 is 5.97 Å². The fourth-order valence-corrected chi connectivity index (χ4v) is 3.26. The van der Waals surface area contributed by atoms with E-state index in [4.69, 9.17) is 15.4 Å². The molecule has 0 aromatic carbocycles. The minimum atomic E-state index is -4.20. The molecule has 1 fully saturated rings. The maximum absolute atomic E-state index is 11.0. The highest BCUT2D eigenvalue weighted by Crippen LogP contribution is 2.32. The second-order valence-corrected chi connectivity index (χ2v) is 5.53. The highest BCUT2D eigenvalue weighted by atomic mass is 32.2. The number of carbonyl (C=O) groups is 1. The number of carboxylic acids is 1. The summed E-state index contributed by atoms with van der Waals surface area (Å²) in [6, 6.07) is 0. The van der Waals surface area contributed by atoms with E-state index >= 15 is 0 Å². The Labute approximate surface area is 88.2 Å². The van der Waals surface area contributed by atoms with Gasteiger partial charge in [-0.05, 0) is 31.7 Å². The molecule has 0 aliphatic heterocycles. The number of carboxylic acid groups (broad SMARTS) is 1. The molecular weight excluding hydrogens is 222 g/mol. The first-order valence-corrected chi connectivity index (χ1v) is 6.25. The minimum absolute atomic E-state index is 0.0456. The number of hydrogen-bond acceptors (Lipinski definition) is 4. The summed E-state index contributed by atoms with van der Waals surface area (Å²) < 4.78 is 31.0. The molecule has 88 valence electrons. The summed E-state index contributed by atoms with van der Waals surface area (Å²) in [5.41, 5.74) is 5.39. The molecule has 0 radical (unpaired) electrons. The molecule has 0 bridgehead atoms. The lowest BCUT2D eigenvalue weighted by Crippen LogP contribution is -2.41. The highest BCUT2D eigenvalue weighted by Gasteiger charge is 2.39. The van der Waals surface area contributed by atoms with Crippen LogP contribution in [0.4, 0.5) is 0 Å². The maximum atomic E-state index is 11.0. The van der Waals surface area contributed by atoms with Crippen molar-refractivity contribution in [3.05, 3.63) is 0 Å². The Kier molecular flexibility index (Phi) is 3.69. The van der Waals surface area contributed by atoms with E-state index in [2.05, 4.69) is 0 Å². The first-order chi connectivity index (χ1) is 6.86. The Morgan fingerprint density at radius 1 is 1.40 bits per heavy atom. The van der Waals surface area contributed by atoms with Crippen LogP contribution in [0.5, 0.6) is 0 Å². The van der Waals surface area contributed by atoms with Crippen LogP contribution in [0.1, 0.15) is 19.3 Å². The van der Waals surface area contributed by atoms with Gasteiger partial charge in [-0.2, -0.15) is 8.42 Å². The molecule has 6 nitrogen and oxygen atoms in total. The number of aliphatic carboxylic acids is 1. The molecule has 1 aliphatic rings. The lowest BCUT2D eigenvalue weighted by molar-refractivity contribution is -0.143. The SMILES string of the molecule is NCC1CCC(C(=O)O)CC1S(=O)(=O)O. The molecule has 0 heterocycles. The van der Waals surface area contributed by atoms with Crippen LogP contribution >= 0.6 is 0 Å². The van der Waals surface area contributed by atoms with Crippen molar-refractivity contribution >= 4 is 16.1 Å². The predicted octanol–water partition coefficient (Wildman–Crippen LogP) is -0.298. The summed E-state index contributed by atoms with van der Waals surface area (Å²) in [5.74, 6) is -2.05. The van der Waals surface area contributed by atoms with E-state index in [-0.39, 0.29) is 18.9 Å². The lowest BCUT2D eigenvalue weighted by Gasteiger charge is -2.31. The highest BCUT2D eigenvalue weighted by molar-refractivity contribution is 7.86. The van der Waals surface area contributed by atoms with Gasteiger partial charge in [-0.1, -0.05) is 0 Å². The van der Waals surface area contributed by atoms with E-state index in [9.17, 15) is 13.2 Å². The van der Waals surface area contributed by atoms with E-state index in [1.54, 1.807) is 0 Å². The molecule has 15 heavy (non-hydrogen) atoms. The van der Waals surface area contributed by atoms with Crippen LogP contribution in [-0.2, 0) is 14.9 Å². The molecule has 1 rings (SSSR count). The van der Waals surface area contributed by atoms with Crippen LogP contribution in [0.3, 0.4) is 0 Å². The molecule has 3 unspecified atom stereocenters. The number of rotatable bonds is 3. The lowest BCUT2D eigenvalue weighted by atomic mass is 9.81. The second kappa shape index (κ2) is 4.46. The van der Waals surface area contributed by atoms with Gasteiger partial charge in [0.1, 0.15) is 0 Å². The first kappa shape index (κ1) is 12.4. The largest absolute Gasteiger partial charge is 0.481 e. The van der Waals surface area contributed by atoms with Crippen molar-refractivity contribution in [2.45, 2.75) is 24.5 Å². The fraction of sp³-hybridized carbons (Fsp3) is 0.875. The molecule has 0 amide bonds. The van der Waals surface area contributed by atoms with E-state index in [0.717, 1.165) is 0 Å². The zero-order chi connectivity index (χ0) is 11.6. The van der Waals surface area contributed by atoms with E-state index in [1.807, 2.05) is 0 Å². The maximum Gasteiger partial charge on any atom is 0.306 e. The minimum Gasteiger partial charge on any atom is -0.481 e. The molecule has 7 heteroatoms. The van der Waals surface area contributed by atoms with Crippen molar-refractivity contribution in [2.24, 2.45) is 17.6 Å². The predicted molar refractivity (Wildman–Crippen MR) is 52.9 cm³/mol. The molecule has 4 N–H and O–H groups in total. The number of nitrogens with two attached hydrogens (primary N) is 1. The van der Waals surface area contributed by atoms with Gasteiger partial charge in [0.2, 0.25) is 0 Å². The summed E-state index contributed by atoms with van der Waals surface area (Å²) in [6.07, 6.45) is 0.803. The summed E-state index contributed by atoms with van der Waals surface area (Å²) in [7, 11) is -4.20. The van der Waals surface area contributed by atoms with E-state index < -0.39 is 27.3 Å². The molecule has 3 atom stereocenters. The zero-order valence-corrected chi connectivity index (χ0v) is 8.98. The van der Waals surface area contributed by atoms with Crippen LogP contribution in [-0.4, -0.2) is 35.8 Å². The van der Waals surface area contributed by atoms with Crippen molar-refractivity contribution in [1.82, 2.24) is 0 Å². The van der Waals surface area contributed by atoms with Gasteiger partial charge in [0.15, 0.2) is 0 Å². The van der Waals surface area contributed by atoms with Gasteiger partial charge in [0.25, 0.3) is 10.1 Å². The van der Waals surface area contributed by atoms with Crippen molar-refractivity contribution < 1.29 is 22.9 Å². The molecule has 0 aromatic heterocycles. The quantitative estimate of drug-likeness (QED) is 0.580. The van der Waals surface area contributed by atoms with E-state index in [0.29, 0.717) is 12.8 Å². The molecule has 1 aliphatic carbocycles. The van der Waals surface area contributed by atoms with Crippen LogP contribution in [0.2, 0.25) is 0 Å². The third-order valence-electron chi connectivity index (χ3n) is 2.96. The molecule has 0 aromatic rings. The molecule has 1 saturated carbocycles. The van der Waals surface area contributed by atoms with Gasteiger partial charge in [-0.25, -0.2) is 0 Å². The van der Waals surface area contributed by atoms with Crippen LogP contribution < -0.4 is 5.73 Å². The third kappa shape index (κ3) is 2.90. The Morgan fingerprint density at radius 2 is 2.00 bits per heavy atom. The fourth-order valence-electron chi connectivity index (χ4n) is 2.05. The van der Waals surface area contributed by atoms with Crippen LogP contribution in [0, 0.1) is 11.8 Å². The van der Waals surface area contributed by atoms with Gasteiger partial charge in [0.05, 0.1) is 11.2 Å². The average molecular weight is 237 g/mol. The van der Waals surface area contributed by atoms with E-state index in [1.165, 1.54) is 0 Å². The van der Waals surface area contributed by atoms with Gasteiger partial charge in [-0.3, -0.25) is 9.35 Å². The topological polar surface area (TPSA) is 118 Å². The Balaban J connectivity index is 2.83. The first-order valence-electron chi connectivity index (χ1n) is 4.75. The van der Waals surface area contributed by atoms with Gasteiger partial charge in [-0.15, -0.1) is 0 Å². The average Bonchev–Trinajstić information content (AvgIpc) is 2.15. The van der Waals surface area contributed by atoms with Crippen LogP contribution in [0.15, 0.2) is 0 Å². The number of hydrogen-bond donors (Lipinski definition) is 3. The van der Waals surface area contributed by atoms with Crippen LogP contribution in [0.25, 0.3) is 0 Å². The van der Waals surface area contributed by atoms with Gasteiger partial charge < -0.3 is 10.8 Å². The Hall–Kier alpha value is -0.660. The normalized spacial score (nSPS) is 32.5. The Bertz CT molecular complexity index is 339. The summed E-state index contributed by atoms with van der Waals surface area (Å²) in [4.78, 5) is 10.7. The van der Waals surface area contributed by atoms with Gasteiger partial charge in [0, 0.05) is 0 Å². The summed E-state index contributed by atoms with van der Waals surface area (Å²) >= 11 is 0. The summed E-state index contributed by atoms with van der Waals surface area (Å²) in [6.45, 7) is 0.150. The molecule has 0 saturated heterocycles. The smallest absolute Gasteiger partial charge is 0.306 e. The van der Waals surface area contributed by atoms with Crippen molar-refractivity contribution in [2.75, 3.05) is 6.54 Å². The van der Waals surface area contributed by atoms with Crippen molar-refractivity contribution in [3.8, 4) is 0 Å². The standard InChI is InChI=1S/C8H15NO5S/c9-4-6-2-1-5(8(10)11)3-7(6)15(12,13)14/h5-7H,1-4,9H2,(H,10,11)(H,12,13,14).